The standard InChI is InChI=1S/C19H24N2O3.ClH/c1-13(16-11-15(23-2)9-10-18(16)24-3)21-19(22)17(12-20)14-7-5-4-6-8-14;/h4-11,13,17H,12,20H2,1-3H3,(H,21,22);1H. The van der Waals surface area contributed by atoms with Gasteiger partial charge in [0, 0.05) is 12.1 Å². The first kappa shape index (κ1) is 20.8. The van der Waals surface area contributed by atoms with Crippen LogP contribution in [0.4, 0.5) is 0 Å². The zero-order chi connectivity index (χ0) is 17.5. The fourth-order valence-corrected chi connectivity index (χ4v) is 2.65. The minimum Gasteiger partial charge on any atom is -0.497 e. The number of carbonyl (C=O) groups excluding carboxylic acids is 1. The molecule has 0 aliphatic heterocycles. The molecule has 136 valence electrons. The molecule has 0 bridgehead atoms. The molecule has 0 aliphatic carbocycles. The number of ether oxygens (including phenoxy) is 2. The van der Waals surface area contributed by atoms with E-state index in [4.69, 9.17) is 15.2 Å². The summed E-state index contributed by atoms with van der Waals surface area (Å²) in [4.78, 5) is 12.6. The van der Waals surface area contributed by atoms with Crippen molar-refractivity contribution in [2.75, 3.05) is 20.8 Å². The van der Waals surface area contributed by atoms with Crippen LogP contribution in [-0.4, -0.2) is 26.7 Å². The van der Waals surface area contributed by atoms with Crippen molar-refractivity contribution in [3.63, 3.8) is 0 Å². The summed E-state index contributed by atoms with van der Waals surface area (Å²) in [6, 6.07) is 14.8. The van der Waals surface area contributed by atoms with Gasteiger partial charge in [-0.3, -0.25) is 4.79 Å². The Hall–Kier alpha value is -2.24. The lowest BCUT2D eigenvalue weighted by Crippen LogP contribution is -2.35. The van der Waals surface area contributed by atoms with E-state index in [9.17, 15) is 4.79 Å². The number of benzene rings is 2. The van der Waals surface area contributed by atoms with Gasteiger partial charge in [0.2, 0.25) is 5.91 Å². The molecule has 0 aliphatic rings. The molecule has 1 amide bonds. The number of halogens is 1. The maximum atomic E-state index is 12.6. The van der Waals surface area contributed by atoms with Gasteiger partial charge in [-0.05, 0) is 30.7 Å². The second kappa shape index (κ2) is 9.91. The molecule has 0 heterocycles. The zero-order valence-electron chi connectivity index (χ0n) is 14.7. The predicted octanol–water partition coefficient (Wildman–Crippen LogP) is 3.05. The second-order valence-electron chi connectivity index (χ2n) is 5.54. The van der Waals surface area contributed by atoms with Crippen molar-refractivity contribution in [1.82, 2.24) is 5.32 Å². The van der Waals surface area contributed by atoms with Crippen LogP contribution in [-0.2, 0) is 4.79 Å². The van der Waals surface area contributed by atoms with Gasteiger partial charge in [0.05, 0.1) is 26.2 Å². The highest BCUT2D eigenvalue weighted by molar-refractivity contribution is 5.85. The van der Waals surface area contributed by atoms with Gasteiger partial charge in [0.25, 0.3) is 0 Å². The lowest BCUT2D eigenvalue weighted by Gasteiger charge is -2.21. The Labute approximate surface area is 154 Å². The molecule has 0 saturated carbocycles. The van der Waals surface area contributed by atoms with Gasteiger partial charge in [-0.2, -0.15) is 0 Å². The van der Waals surface area contributed by atoms with E-state index >= 15 is 0 Å². The Balaban J connectivity index is 0.00000312. The van der Waals surface area contributed by atoms with Crippen LogP contribution in [0.1, 0.15) is 30.0 Å². The molecule has 3 N–H and O–H groups in total. The number of nitrogens with one attached hydrogen (secondary N) is 1. The van der Waals surface area contributed by atoms with Crippen LogP contribution in [0.15, 0.2) is 48.5 Å². The highest BCUT2D eigenvalue weighted by Crippen LogP contribution is 2.29. The molecule has 0 spiro atoms. The molecule has 0 radical (unpaired) electrons. The first-order valence-electron chi connectivity index (χ1n) is 7.88. The quantitative estimate of drug-likeness (QED) is 0.792. The minimum absolute atomic E-state index is 0. The highest BCUT2D eigenvalue weighted by Gasteiger charge is 2.22. The maximum absolute atomic E-state index is 12.6. The number of methoxy groups -OCH3 is 2. The van der Waals surface area contributed by atoms with Crippen LogP contribution in [0.5, 0.6) is 11.5 Å². The summed E-state index contributed by atoms with van der Waals surface area (Å²) in [5.74, 6) is 0.921. The molecule has 0 fully saturated rings. The van der Waals surface area contributed by atoms with E-state index in [0.717, 1.165) is 11.1 Å². The third-order valence-corrected chi connectivity index (χ3v) is 4.02. The monoisotopic (exact) mass is 364 g/mol. The van der Waals surface area contributed by atoms with E-state index in [1.165, 1.54) is 0 Å². The lowest BCUT2D eigenvalue weighted by molar-refractivity contribution is -0.123. The van der Waals surface area contributed by atoms with Gasteiger partial charge < -0.3 is 20.5 Å². The molecule has 5 nitrogen and oxygen atoms in total. The van der Waals surface area contributed by atoms with Gasteiger partial charge in [0.15, 0.2) is 0 Å². The largest absolute Gasteiger partial charge is 0.497 e. The van der Waals surface area contributed by atoms with Crippen LogP contribution in [0.25, 0.3) is 0 Å². The summed E-state index contributed by atoms with van der Waals surface area (Å²) in [6.45, 7) is 2.16. The predicted molar refractivity (Wildman–Crippen MR) is 102 cm³/mol. The van der Waals surface area contributed by atoms with Crippen molar-refractivity contribution in [3.05, 3.63) is 59.7 Å². The molecule has 0 saturated heterocycles. The summed E-state index contributed by atoms with van der Waals surface area (Å²) in [5.41, 5.74) is 7.58. The van der Waals surface area contributed by atoms with Gasteiger partial charge in [-0.1, -0.05) is 30.3 Å². The Morgan fingerprint density at radius 1 is 1.12 bits per heavy atom. The third kappa shape index (κ3) is 5.11. The number of amides is 1. The van der Waals surface area contributed by atoms with Crippen molar-refractivity contribution in [2.24, 2.45) is 5.73 Å². The highest BCUT2D eigenvalue weighted by atomic mass is 35.5. The van der Waals surface area contributed by atoms with Gasteiger partial charge >= 0.3 is 0 Å². The van der Waals surface area contributed by atoms with E-state index in [1.807, 2.05) is 55.5 Å². The van der Waals surface area contributed by atoms with Gasteiger partial charge in [0.1, 0.15) is 11.5 Å². The summed E-state index contributed by atoms with van der Waals surface area (Å²) < 4.78 is 10.6. The third-order valence-electron chi connectivity index (χ3n) is 4.02. The topological polar surface area (TPSA) is 73.6 Å². The Kier molecular flexibility index (Phi) is 8.25. The summed E-state index contributed by atoms with van der Waals surface area (Å²) >= 11 is 0. The molecule has 6 heteroatoms. The smallest absolute Gasteiger partial charge is 0.229 e. The molecule has 25 heavy (non-hydrogen) atoms. The molecule has 2 aromatic carbocycles. The zero-order valence-corrected chi connectivity index (χ0v) is 15.5. The average Bonchev–Trinajstić information content (AvgIpc) is 2.62. The molecule has 2 unspecified atom stereocenters. The molecule has 2 rings (SSSR count). The average molecular weight is 365 g/mol. The second-order valence-corrected chi connectivity index (χ2v) is 5.54. The first-order valence-corrected chi connectivity index (χ1v) is 7.88. The van der Waals surface area contributed by atoms with Gasteiger partial charge in [-0.25, -0.2) is 0 Å². The van der Waals surface area contributed by atoms with E-state index in [2.05, 4.69) is 5.32 Å². The van der Waals surface area contributed by atoms with Crippen LogP contribution in [0.3, 0.4) is 0 Å². The molecule has 2 aromatic rings. The number of nitrogens with two attached hydrogens (primary N) is 1. The molecule has 2 atom stereocenters. The number of rotatable bonds is 7. The van der Waals surface area contributed by atoms with Gasteiger partial charge in [-0.15, -0.1) is 12.4 Å². The summed E-state index contributed by atoms with van der Waals surface area (Å²) in [5, 5.41) is 3.02. The molecular weight excluding hydrogens is 340 g/mol. The molecule has 0 aromatic heterocycles. The number of hydrogen-bond donors (Lipinski definition) is 2. The van der Waals surface area contributed by atoms with Crippen molar-refractivity contribution < 1.29 is 14.3 Å². The van der Waals surface area contributed by atoms with Crippen molar-refractivity contribution in [3.8, 4) is 11.5 Å². The Morgan fingerprint density at radius 3 is 2.36 bits per heavy atom. The lowest BCUT2D eigenvalue weighted by atomic mass is 9.97. The van der Waals surface area contributed by atoms with E-state index in [-0.39, 0.29) is 36.8 Å². The fourth-order valence-electron chi connectivity index (χ4n) is 2.65. The SMILES string of the molecule is COc1ccc(OC)c(C(C)NC(=O)C(CN)c2ccccc2)c1.Cl. The van der Waals surface area contributed by atoms with Crippen LogP contribution < -0.4 is 20.5 Å². The van der Waals surface area contributed by atoms with Crippen LogP contribution >= 0.6 is 12.4 Å². The van der Waals surface area contributed by atoms with E-state index in [0.29, 0.717) is 11.5 Å². The summed E-state index contributed by atoms with van der Waals surface area (Å²) in [6.07, 6.45) is 0. The van der Waals surface area contributed by atoms with E-state index < -0.39 is 0 Å². The Morgan fingerprint density at radius 2 is 1.80 bits per heavy atom. The minimum atomic E-state index is -0.384. The first-order chi connectivity index (χ1) is 11.6. The van der Waals surface area contributed by atoms with Crippen LogP contribution in [0, 0.1) is 0 Å². The van der Waals surface area contributed by atoms with E-state index in [1.54, 1.807) is 14.2 Å². The normalized spacial score (nSPS) is 12.5. The summed E-state index contributed by atoms with van der Waals surface area (Å²) in [7, 11) is 3.21. The van der Waals surface area contributed by atoms with Crippen molar-refractivity contribution in [2.45, 2.75) is 18.9 Å². The van der Waals surface area contributed by atoms with Crippen molar-refractivity contribution in [1.29, 1.82) is 0 Å². The fraction of sp³-hybridized carbons (Fsp3) is 0.316. The molecular formula is C19H25ClN2O3. The van der Waals surface area contributed by atoms with Crippen LogP contribution in [0.2, 0.25) is 0 Å². The van der Waals surface area contributed by atoms with Crippen molar-refractivity contribution >= 4 is 18.3 Å². The number of hydrogen-bond acceptors (Lipinski definition) is 4. The maximum Gasteiger partial charge on any atom is 0.229 e. The number of carbonyl (C=O) groups is 1. The Bertz CT molecular complexity index is 680.